The third-order valence-electron chi connectivity index (χ3n) is 3.69. The van der Waals surface area contributed by atoms with Crippen LogP contribution in [-0.2, 0) is 0 Å². The lowest BCUT2D eigenvalue weighted by molar-refractivity contribution is -0.216. The van der Waals surface area contributed by atoms with E-state index in [2.05, 4.69) is 15.5 Å². The van der Waals surface area contributed by atoms with Crippen molar-refractivity contribution < 1.29 is 23.1 Å². The van der Waals surface area contributed by atoms with Gasteiger partial charge in [-0.1, -0.05) is 0 Å². The van der Waals surface area contributed by atoms with Crippen LogP contribution in [0.4, 0.5) is 13.2 Å². The zero-order chi connectivity index (χ0) is 16.6. The van der Waals surface area contributed by atoms with Crippen LogP contribution in [0.15, 0.2) is 17.8 Å². The topological polar surface area (TPSA) is 84.1 Å². The molecule has 1 aliphatic heterocycles. The largest absolute Gasteiger partial charge is 0.416 e. The molecule has 1 saturated heterocycles. The summed E-state index contributed by atoms with van der Waals surface area (Å²) < 4.78 is 39.6. The molecule has 2 atom stereocenters. The van der Waals surface area contributed by atoms with Gasteiger partial charge < -0.3 is 10.0 Å². The molecule has 7 nitrogen and oxygen atoms in total. The van der Waals surface area contributed by atoms with E-state index in [1.165, 1.54) is 11.0 Å². The Hall–Kier alpha value is -2.01. The Morgan fingerprint density at radius 1 is 1.48 bits per heavy atom. The Balaban J connectivity index is 1.87. The standard InChI is InChI=1S/C12H12F3N5O2S/c13-12(14,15)10(21)8-2-1-4-19(8)11(22)9-7(3-5-23-9)20-6-16-17-18-20/h3,5-6,8,10,21H,1-2,4H2/t8-,10+/m0/s1. The summed E-state index contributed by atoms with van der Waals surface area (Å²) in [4.78, 5) is 14.0. The first-order valence-electron chi connectivity index (χ1n) is 6.76. The average Bonchev–Trinajstić information content (AvgIpc) is 3.22. The van der Waals surface area contributed by atoms with Crippen LogP contribution in [0.3, 0.4) is 0 Å². The fourth-order valence-electron chi connectivity index (χ4n) is 2.64. The number of rotatable bonds is 3. The van der Waals surface area contributed by atoms with E-state index in [0.29, 0.717) is 12.1 Å². The number of likely N-dealkylation sites (tertiary alicyclic amines) is 1. The first kappa shape index (κ1) is 15.9. The number of amides is 1. The normalized spacial score (nSPS) is 20.0. The number of alkyl halides is 3. The van der Waals surface area contributed by atoms with Crippen molar-refractivity contribution in [3.05, 3.63) is 22.7 Å². The number of aliphatic hydroxyl groups is 1. The molecule has 0 unspecified atom stereocenters. The van der Waals surface area contributed by atoms with E-state index in [4.69, 9.17) is 0 Å². The van der Waals surface area contributed by atoms with Crippen molar-refractivity contribution in [2.45, 2.75) is 31.2 Å². The van der Waals surface area contributed by atoms with Crippen molar-refractivity contribution in [1.82, 2.24) is 25.1 Å². The lowest BCUT2D eigenvalue weighted by atomic mass is 10.1. The molecule has 124 valence electrons. The first-order chi connectivity index (χ1) is 10.9. The molecule has 0 aromatic carbocycles. The Kier molecular flexibility index (Phi) is 4.06. The number of aromatic nitrogens is 4. The van der Waals surface area contributed by atoms with Gasteiger partial charge >= 0.3 is 6.18 Å². The fraction of sp³-hybridized carbons (Fsp3) is 0.500. The highest BCUT2D eigenvalue weighted by Crippen LogP contribution is 2.33. The van der Waals surface area contributed by atoms with Gasteiger partial charge in [0.15, 0.2) is 6.10 Å². The Labute approximate surface area is 132 Å². The van der Waals surface area contributed by atoms with E-state index in [0.717, 1.165) is 16.2 Å². The van der Waals surface area contributed by atoms with Crippen LogP contribution in [0.25, 0.3) is 5.69 Å². The number of carbonyl (C=O) groups excluding carboxylic acids is 1. The summed E-state index contributed by atoms with van der Waals surface area (Å²) in [6.07, 6.45) is -5.50. The molecule has 0 spiro atoms. The van der Waals surface area contributed by atoms with Crippen molar-refractivity contribution in [2.75, 3.05) is 6.54 Å². The molecule has 0 saturated carbocycles. The van der Waals surface area contributed by atoms with Gasteiger partial charge in [0.2, 0.25) is 0 Å². The lowest BCUT2D eigenvalue weighted by Gasteiger charge is -2.29. The fourth-order valence-corrected chi connectivity index (χ4v) is 3.47. The summed E-state index contributed by atoms with van der Waals surface area (Å²) in [5.41, 5.74) is 0.400. The monoisotopic (exact) mass is 347 g/mol. The maximum absolute atomic E-state index is 12.8. The van der Waals surface area contributed by atoms with Gasteiger partial charge in [-0.2, -0.15) is 17.9 Å². The van der Waals surface area contributed by atoms with Gasteiger partial charge in [0, 0.05) is 6.54 Å². The second-order valence-electron chi connectivity index (χ2n) is 5.08. The van der Waals surface area contributed by atoms with Gasteiger partial charge in [0.05, 0.1) is 11.7 Å². The maximum Gasteiger partial charge on any atom is 0.416 e. The second-order valence-corrected chi connectivity index (χ2v) is 6.00. The molecule has 1 fully saturated rings. The molecular formula is C12H12F3N5O2S. The Bertz CT molecular complexity index is 687. The lowest BCUT2D eigenvalue weighted by Crippen LogP contribution is -2.49. The third-order valence-corrected chi connectivity index (χ3v) is 4.59. The SMILES string of the molecule is O=C(c1sccc1-n1cnnn1)N1CCC[C@H]1[C@@H](O)C(F)(F)F. The molecule has 3 heterocycles. The molecule has 11 heteroatoms. The Morgan fingerprint density at radius 2 is 2.26 bits per heavy atom. The summed E-state index contributed by atoms with van der Waals surface area (Å²) in [5.74, 6) is -0.559. The summed E-state index contributed by atoms with van der Waals surface area (Å²) in [7, 11) is 0. The smallest absolute Gasteiger partial charge is 0.382 e. The quantitative estimate of drug-likeness (QED) is 0.903. The number of nitrogens with zero attached hydrogens (tertiary/aromatic N) is 5. The second kappa shape index (κ2) is 5.89. The average molecular weight is 347 g/mol. The van der Waals surface area contributed by atoms with E-state index in [-0.39, 0.29) is 17.8 Å². The summed E-state index contributed by atoms with van der Waals surface area (Å²) in [6, 6.07) is 0.339. The number of halogens is 3. The molecule has 0 bridgehead atoms. The maximum atomic E-state index is 12.8. The van der Waals surface area contributed by atoms with Crippen LogP contribution in [0.5, 0.6) is 0 Å². The van der Waals surface area contributed by atoms with Crippen LogP contribution >= 0.6 is 11.3 Å². The minimum Gasteiger partial charge on any atom is -0.382 e. The van der Waals surface area contributed by atoms with Gasteiger partial charge in [-0.05, 0) is 34.7 Å². The highest BCUT2D eigenvalue weighted by molar-refractivity contribution is 7.12. The molecule has 1 amide bonds. The third kappa shape index (κ3) is 2.93. The molecule has 3 rings (SSSR count). The van der Waals surface area contributed by atoms with Gasteiger partial charge in [-0.15, -0.1) is 16.4 Å². The van der Waals surface area contributed by atoms with Gasteiger partial charge in [-0.3, -0.25) is 4.79 Å². The molecule has 1 aliphatic rings. The molecular weight excluding hydrogens is 335 g/mol. The van der Waals surface area contributed by atoms with Crippen molar-refractivity contribution in [3.63, 3.8) is 0 Å². The van der Waals surface area contributed by atoms with Crippen molar-refractivity contribution in [1.29, 1.82) is 0 Å². The Morgan fingerprint density at radius 3 is 2.91 bits per heavy atom. The minimum atomic E-state index is -4.76. The molecule has 0 radical (unpaired) electrons. The molecule has 2 aromatic rings. The van der Waals surface area contributed by atoms with Gasteiger partial charge in [0.25, 0.3) is 5.91 Å². The van der Waals surface area contributed by atoms with Crippen LogP contribution in [-0.4, -0.2) is 61.0 Å². The number of thiophene rings is 1. The number of carbonyl (C=O) groups is 1. The van der Waals surface area contributed by atoms with Crippen LogP contribution in [0, 0.1) is 0 Å². The van der Waals surface area contributed by atoms with Gasteiger partial charge in [0.1, 0.15) is 11.2 Å². The summed E-state index contributed by atoms with van der Waals surface area (Å²) >= 11 is 1.09. The zero-order valence-corrected chi connectivity index (χ0v) is 12.5. The van der Waals surface area contributed by atoms with Gasteiger partial charge in [-0.25, -0.2) is 0 Å². The van der Waals surface area contributed by atoms with Crippen LogP contribution < -0.4 is 0 Å². The number of hydrogen-bond donors (Lipinski definition) is 1. The molecule has 23 heavy (non-hydrogen) atoms. The summed E-state index contributed by atoms with van der Waals surface area (Å²) in [5, 5.41) is 21.8. The molecule has 0 aliphatic carbocycles. The van der Waals surface area contributed by atoms with E-state index < -0.39 is 24.2 Å². The van der Waals surface area contributed by atoms with Crippen molar-refractivity contribution >= 4 is 17.2 Å². The van der Waals surface area contributed by atoms with Crippen LogP contribution in [0.2, 0.25) is 0 Å². The van der Waals surface area contributed by atoms with E-state index in [9.17, 15) is 23.1 Å². The molecule has 1 N–H and O–H groups in total. The highest BCUT2D eigenvalue weighted by atomic mass is 32.1. The number of tetrazole rings is 1. The van der Waals surface area contributed by atoms with E-state index in [1.807, 2.05) is 0 Å². The predicted octanol–water partition coefficient (Wildman–Crippen LogP) is 1.25. The van der Waals surface area contributed by atoms with E-state index >= 15 is 0 Å². The summed E-state index contributed by atoms with van der Waals surface area (Å²) in [6.45, 7) is 0.170. The van der Waals surface area contributed by atoms with Crippen molar-refractivity contribution in [2.24, 2.45) is 0 Å². The number of hydrogen-bond acceptors (Lipinski definition) is 6. The number of aliphatic hydroxyl groups excluding tert-OH is 1. The van der Waals surface area contributed by atoms with Crippen LogP contribution in [0.1, 0.15) is 22.5 Å². The van der Waals surface area contributed by atoms with E-state index in [1.54, 1.807) is 11.4 Å². The zero-order valence-electron chi connectivity index (χ0n) is 11.6. The highest BCUT2D eigenvalue weighted by Gasteiger charge is 2.48. The predicted molar refractivity (Wildman–Crippen MR) is 73.2 cm³/mol. The molecule has 2 aromatic heterocycles. The minimum absolute atomic E-state index is 0.109. The first-order valence-corrected chi connectivity index (χ1v) is 7.64. The van der Waals surface area contributed by atoms with Crippen molar-refractivity contribution in [3.8, 4) is 5.69 Å².